The number of nitrogens with zero attached hydrogens (tertiary/aromatic N) is 8. The first kappa shape index (κ1) is 28.7. The van der Waals surface area contributed by atoms with Gasteiger partial charge in [0.15, 0.2) is 16.5 Å². The van der Waals surface area contributed by atoms with Crippen molar-refractivity contribution in [1.29, 1.82) is 0 Å². The fourth-order valence-electron chi connectivity index (χ4n) is 4.74. The number of carbonyl (C=O) groups is 2. The minimum atomic E-state index is -0.519. The molecule has 2 fully saturated rings. The number of rotatable bonds is 9. The molecule has 2 aliphatic heterocycles. The number of nitrogens with two attached hydrogens (primary N) is 1. The van der Waals surface area contributed by atoms with E-state index < -0.39 is 5.91 Å². The summed E-state index contributed by atoms with van der Waals surface area (Å²) >= 11 is 5.85. The second-order valence-electron chi connectivity index (χ2n) is 10.0. The van der Waals surface area contributed by atoms with Crippen molar-refractivity contribution in [2.45, 2.75) is 6.42 Å². The molecule has 2 aliphatic rings. The van der Waals surface area contributed by atoms with Gasteiger partial charge in [0.1, 0.15) is 0 Å². The number of morpholine rings is 1. The van der Waals surface area contributed by atoms with Crippen LogP contribution in [0.15, 0.2) is 30.5 Å². The highest BCUT2D eigenvalue weighted by Gasteiger charge is 2.22. The number of hydrogen-bond donors (Lipinski definition) is 3. The van der Waals surface area contributed by atoms with Crippen molar-refractivity contribution in [3.63, 3.8) is 0 Å². The van der Waals surface area contributed by atoms with Gasteiger partial charge in [-0.2, -0.15) is 0 Å². The normalized spacial score (nSPS) is 16.5. The lowest BCUT2D eigenvalue weighted by Gasteiger charge is -2.35. The molecule has 1 aromatic carbocycles. The summed E-state index contributed by atoms with van der Waals surface area (Å²) in [6, 6.07) is 6.95. The van der Waals surface area contributed by atoms with E-state index in [-0.39, 0.29) is 28.1 Å². The maximum atomic E-state index is 13.1. The molecule has 0 atom stereocenters. The fraction of sp³-hybridized carbons (Fsp3) is 0.462. The number of piperazine rings is 1. The van der Waals surface area contributed by atoms with Gasteiger partial charge in [0.2, 0.25) is 0 Å². The van der Waals surface area contributed by atoms with Crippen LogP contribution in [0.2, 0.25) is 5.15 Å². The molecule has 15 heteroatoms. The smallest absolute Gasteiger partial charge is 0.278 e. The Morgan fingerprint density at radius 3 is 2.56 bits per heavy atom. The van der Waals surface area contributed by atoms with Crippen LogP contribution in [-0.4, -0.2) is 119 Å². The van der Waals surface area contributed by atoms with E-state index in [0.717, 1.165) is 71.1 Å². The molecule has 0 aliphatic carbocycles. The summed E-state index contributed by atoms with van der Waals surface area (Å²) in [6.45, 7) is 8.13. The van der Waals surface area contributed by atoms with Gasteiger partial charge in [-0.25, -0.2) is 4.68 Å². The van der Waals surface area contributed by atoms with E-state index in [1.807, 2.05) is 12.1 Å². The van der Waals surface area contributed by atoms with Gasteiger partial charge in [0, 0.05) is 51.9 Å². The number of ether oxygens (including phenoxy) is 1. The molecule has 0 bridgehead atoms. The molecule has 4 heterocycles. The monoisotopic (exact) mass is 583 g/mol. The molecule has 4 N–H and O–H groups in total. The van der Waals surface area contributed by atoms with E-state index in [4.69, 9.17) is 22.1 Å². The predicted octanol–water partition coefficient (Wildman–Crippen LogP) is 0.749. The highest BCUT2D eigenvalue weighted by molar-refractivity contribution is 6.29. The molecule has 3 aromatic rings. The van der Waals surface area contributed by atoms with Crippen LogP contribution in [0.3, 0.4) is 0 Å². The number of anilines is 3. The summed E-state index contributed by atoms with van der Waals surface area (Å²) in [4.78, 5) is 32.6. The van der Waals surface area contributed by atoms with Gasteiger partial charge in [-0.3, -0.25) is 14.5 Å². The first-order chi connectivity index (χ1) is 19.9. The van der Waals surface area contributed by atoms with Crippen molar-refractivity contribution in [3.05, 3.63) is 47.0 Å². The highest BCUT2D eigenvalue weighted by atomic mass is 35.5. The number of nitrogen functional groups attached to an aromatic ring is 1. The maximum Gasteiger partial charge on any atom is 0.278 e. The summed E-state index contributed by atoms with van der Waals surface area (Å²) in [5, 5.41) is 21.8. The summed E-state index contributed by atoms with van der Waals surface area (Å²) < 4.78 is 6.87. The molecular formula is C26H34ClN11O3. The van der Waals surface area contributed by atoms with Gasteiger partial charge in [0.05, 0.1) is 42.2 Å². The van der Waals surface area contributed by atoms with Crippen molar-refractivity contribution in [2.75, 3.05) is 88.6 Å². The summed E-state index contributed by atoms with van der Waals surface area (Å²) in [7, 11) is 2.08. The SMILES string of the molecule is CN1CCN(c2ccc(-n3cc(C(=O)NCCCN4CCOCC4)nn3)cc2NC(=O)c2nnc(Cl)cc2N)CC1. The molecule has 2 saturated heterocycles. The molecular weight excluding hydrogens is 550 g/mol. The van der Waals surface area contributed by atoms with E-state index in [1.165, 1.54) is 10.7 Å². The van der Waals surface area contributed by atoms with Crippen molar-refractivity contribution in [1.82, 2.24) is 40.3 Å². The van der Waals surface area contributed by atoms with Crippen molar-refractivity contribution >= 4 is 40.5 Å². The Bertz CT molecular complexity index is 1370. The average molecular weight is 584 g/mol. The van der Waals surface area contributed by atoms with Gasteiger partial charge in [-0.15, -0.1) is 15.3 Å². The molecule has 2 aromatic heterocycles. The average Bonchev–Trinajstić information content (AvgIpc) is 3.47. The van der Waals surface area contributed by atoms with Crippen molar-refractivity contribution < 1.29 is 14.3 Å². The second kappa shape index (κ2) is 13.2. The van der Waals surface area contributed by atoms with Crippen LogP contribution in [0.1, 0.15) is 27.4 Å². The topological polar surface area (TPSA) is 160 Å². The first-order valence-corrected chi connectivity index (χ1v) is 13.9. The predicted molar refractivity (Wildman–Crippen MR) is 155 cm³/mol. The number of hydrogen-bond acceptors (Lipinski definition) is 11. The molecule has 0 unspecified atom stereocenters. The highest BCUT2D eigenvalue weighted by Crippen LogP contribution is 2.30. The zero-order valence-corrected chi connectivity index (χ0v) is 23.7. The largest absolute Gasteiger partial charge is 0.397 e. The fourth-order valence-corrected chi connectivity index (χ4v) is 4.90. The van der Waals surface area contributed by atoms with E-state index in [9.17, 15) is 9.59 Å². The van der Waals surface area contributed by atoms with E-state index >= 15 is 0 Å². The Morgan fingerprint density at radius 1 is 1.02 bits per heavy atom. The maximum absolute atomic E-state index is 13.1. The third-order valence-corrected chi connectivity index (χ3v) is 7.30. The lowest BCUT2D eigenvalue weighted by molar-refractivity contribution is 0.0374. The number of nitrogens with one attached hydrogen (secondary N) is 2. The third-order valence-electron chi connectivity index (χ3n) is 7.11. The number of carbonyl (C=O) groups excluding carboxylic acids is 2. The van der Waals surface area contributed by atoms with Gasteiger partial charge in [-0.1, -0.05) is 16.8 Å². The van der Waals surface area contributed by atoms with Crippen molar-refractivity contribution in [3.8, 4) is 5.69 Å². The van der Waals surface area contributed by atoms with Crippen LogP contribution in [0.4, 0.5) is 17.1 Å². The Kier molecular flexibility index (Phi) is 9.24. The molecule has 0 radical (unpaired) electrons. The summed E-state index contributed by atoms with van der Waals surface area (Å²) in [5.74, 6) is -0.812. The van der Waals surface area contributed by atoms with Crippen LogP contribution in [-0.2, 0) is 4.74 Å². The van der Waals surface area contributed by atoms with Crippen LogP contribution < -0.4 is 21.3 Å². The Hall–Kier alpha value is -3.85. The molecule has 14 nitrogen and oxygen atoms in total. The van der Waals surface area contributed by atoms with E-state index in [0.29, 0.717) is 17.9 Å². The third kappa shape index (κ3) is 7.27. The zero-order valence-electron chi connectivity index (χ0n) is 22.9. The second-order valence-corrected chi connectivity index (χ2v) is 10.4. The number of aromatic nitrogens is 5. The molecule has 218 valence electrons. The first-order valence-electron chi connectivity index (χ1n) is 13.6. The standard InChI is InChI=1S/C26H34ClN11O3/c1-35-7-9-37(10-8-35)22-4-3-18(15-20(22)30-26(40)24-19(28)16-23(27)32-33-24)38-17-21(31-34-38)25(39)29-5-2-6-36-11-13-41-14-12-36/h3-4,15-17H,2,5-14H2,1H3,(H2,28,32)(H,29,39)(H,30,40). The number of halogens is 1. The van der Waals surface area contributed by atoms with Crippen LogP contribution in [0.25, 0.3) is 5.69 Å². The van der Waals surface area contributed by atoms with Crippen LogP contribution in [0, 0.1) is 0 Å². The Labute approximate surface area is 242 Å². The summed E-state index contributed by atoms with van der Waals surface area (Å²) in [6.07, 6.45) is 2.40. The number of benzene rings is 1. The summed E-state index contributed by atoms with van der Waals surface area (Å²) in [5.41, 5.74) is 8.27. The van der Waals surface area contributed by atoms with Gasteiger partial charge >= 0.3 is 0 Å². The van der Waals surface area contributed by atoms with Crippen LogP contribution in [0.5, 0.6) is 0 Å². The van der Waals surface area contributed by atoms with E-state index in [1.54, 1.807) is 12.3 Å². The molecule has 41 heavy (non-hydrogen) atoms. The molecule has 5 rings (SSSR count). The van der Waals surface area contributed by atoms with Gasteiger partial charge in [-0.05, 0) is 38.2 Å². The minimum Gasteiger partial charge on any atom is -0.397 e. The van der Waals surface area contributed by atoms with E-state index in [2.05, 4.69) is 52.9 Å². The number of likely N-dealkylation sites (N-methyl/N-ethyl adjacent to an activating group) is 1. The minimum absolute atomic E-state index is 0.0301. The molecule has 0 spiro atoms. The van der Waals surface area contributed by atoms with Crippen LogP contribution >= 0.6 is 11.6 Å². The number of amides is 2. The van der Waals surface area contributed by atoms with Crippen molar-refractivity contribution in [2.24, 2.45) is 0 Å². The van der Waals surface area contributed by atoms with Gasteiger partial charge in [0.25, 0.3) is 11.8 Å². The lowest BCUT2D eigenvalue weighted by atomic mass is 10.2. The molecule has 2 amide bonds. The quantitative estimate of drug-likeness (QED) is 0.305. The zero-order chi connectivity index (χ0) is 28.8. The Balaban J connectivity index is 1.30. The Morgan fingerprint density at radius 2 is 1.80 bits per heavy atom. The molecule has 0 saturated carbocycles. The lowest BCUT2D eigenvalue weighted by Crippen LogP contribution is -2.44. The van der Waals surface area contributed by atoms with Gasteiger partial charge < -0.3 is 30.9 Å².